The van der Waals surface area contributed by atoms with Crippen LogP contribution in [0.3, 0.4) is 0 Å². The molecular weight excluding hydrogens is 234 g/mol. The molecule has 4 nitrogen and oxygen atoms in total. The zero-order valence-electron chi connectivity index (χ0n) is 9.52. The average molecular weight is 245 g/mol. The van der Waals surface area contributed by atoms with Gasteiger partial charge >= 0.3 is 0 Å². The van der Waals surface area contributed by atoms with Crippen molar-refractivity contribution in [3.05, 3.63) is 29.0 Å². The van der Waals surface area contributed by atoms with E-state index in [4.69, 9.17) is 10.2 Å². The fourth-order valence-corrected chi connectivity index (χ4v) is 2.69. The highest BCUT2D eigenvalue weighted by atomic mass is 32.1. The molecule has 0 fully saturated rings. The third-order valence-corrected chi connectivity index (χ3v) is 3.59. The molecule has 3 aromatic heterocycles. The van der Waals surface area contributed by atoms with E-state index in [1.54, 1.807) is 17.6 Å². The van der Waals surface area contributed by atoms with Gasteiger partial charge in [-0.05, 0) is 26.0 Å². The van der Waals surface area contributed by atoms with Gasteiger partial charge in [0.1, 0.15) is 16.4 Å². The molecule has 0 amide bonds. The van der Waals surface area contributed by atoms with Crippen molar-refractivity contribution < 1.29 is 4.42 Å². The second kappa shape index (κ2) is 3.56. The lowest BCUT2D eigenvalue weighted by atomic mass is 10.2. The molecule has 86 valence electrons. The van der Waals surface area contributed by atoms with Gasteiger partial charge in [0.25, 0.3) is 0 Å². The predicted octanol–water partition coefficient (Wildman–Crippen LogP) is 3.15. The number of hydrogen-bond donors (Lipinski definition) is 1. The molecule has 0 aliphatic carbocycles. The molecular formula is C12H11N3OS. The van der Waals surface area contributed by atoms with E-state index in [0.29, 0.717) is 11.6 Å². The van der Waals surface area contributed by atoms with Crippen LogP contribution in [0.2, 0.25) is 0 Å². The van der Waals surface area contributed by atoms with Crippen molar-refractivity contribution in [2.24, 2.45) is 0 Å². The Labute approximate surface area is 102 Å². The molecule has 17 heavy (non-hydrogen) atoms. The molecule has 0 spiro atoms. The highest BCUT2D eigenvalue weighted by Gasteiger charge is 2.12. The number of nitrogens with zero attached hydrogens (tertiary/aromatic N) is 2. The molecule has 0 aromatic carbocycles. The monoisotopic (exact) mass is 245 g/mol. The molecule has 3 heterocycles. The molecule has 2 N–H and O–H groups in total. The lowest BCUT2D eigenvalue weighted by molar-refractivity contribution is 0.535. The van der Waals surface area contributed by atoms with Gasteiger partial charge in [-0.25, -0.2) is 9.97 Å². The largest absolute Gasteiger partial charge is 0.469 e. The van der Waals surface area contributed by atoms with Crippen LogP contribution in [0.15, 0.2) is 22.8 Å². The Morgan fingerprint density at radius 3 is 2.82 bits per heavy atom. The van der Waals surface area contributed by atoms with Gasteiger partial charge in [-0.3, -0.25) is 0 Å². The van der Waals surface area contributed by atoms with E-state index in [2.05, 4.69) is 9.97 Å². The summed E-state index contributed by atoms with van der Waals surface area (Å²) in [4.78, 5) is 11.0. The predicted molar refractivity (Wildman–Crippen MR) is 69.0 cm³/mol. The number of aromatic nitrogens is 2. The van der Waals surface area contributed by atoms with E-state index in [1.165, 1.54) is 4.88 Å². The van der Waals surface area contributed by atoms with Crippen LogP contribution < -0.4 is 5.73 Å². The molecule has 3 aromatic rings. The number of aryl methyl sites for hydroxylation is 2. The van der Waals surface area contributed by atoms with Gasteiger partial charge in [-0.15, -0.1) is 11.3 Å². The van der Waals surface area contributed by atoms with Crippen LogP contribution in [0.25, 0.3) is 21.6 Å². The standard InChI is InChI=1S/C12H11N3OS/c1-6-5-9-10(13)14-11(15-12(9)17-6)8-3-4-16-7(8)2/h3-5H,1-2H3,(H2,13,14,15). The fourth-order valence-electron chi connectivity index (χ4n) is 1.80. The summed E-state index contributed by atoms with van der Waals surface area (Å²) in [6.07, 6.45) is 1.63. The Morgan fingerprint density at radius 2 is 2.12 bits per heavy atom. The van der Waals surface area contributed by atoms with Crippen molar-refractivity contribution in [1.82, 2.24) is 9.97 Å². The van der Waals surface area contributed by atoms with E-state index < -0.39 is 0 Å². The highest BCUT2D eigenvalue weighted by molar-refractivity contribution is 7.18. The molecule has 3 rings (SSSR count). The minimum absolute atomic E-state index is 0.523. The summed E-state index contributed by atoms with van der Waals surface area (Å²) in [7, 11) is 0. The first-order valence-corrected chi connectivity index (χ1v) is 6.05. The van der Waals surface area contributed by atoms with Crippen molar-refractivity contribution >= 4 is 27.4 Å². The number of fused-ring (bicyclic) bond motifs is 1. The first-order chi connectivity index (χ1) is 8.15. The number of nitrogens with two attached hydrogens (primary N) is 1. The summed E-state index contributed by atoms with van der Waals surface area (Å²) < 4.78 is 5.26. The van der Waals surface area contributed by atoms with Crippen LogP contribution in [0, 0.1) is 13.8 Å². The van der Waals surface area contributed by atoms with E-state index in [-0.39, 0.29) is 0 Å². The minimum Gasteiger partial charge on any atom is -0.469 e. The van der Waals surface area contributed by atoms with Crippen LogP contribution in [0.1, 0.15) is 10.6 Å². The summed E-state index contributed by atoms with van der Waals surface area (Å²) in [6, 6.07) is 3.87. The maximum atomic E-state index is 5.95. The van der Waals surface area contributed by atoms with E-state index in [9.17, 15) is 0 Å². The molecule has 0 aliphatic heterocycles. The summed E-state index contributed by atoms with van der Waals surface area (Å²) in [5.41, 5.74) is 6.84. The first kappa shape index (κ1) is 10.3. The Balaban J connectivity index is 2.28. The first-order valence-electron chi connectivity index (χ1n) is 5.23. The Hall–Kier alpha value is -1.88. The number of thiophene rings is 1. The number of rotatable bonds is 1. The van der Waals surface area contributed by atoms with Crippen LogP contribution in [0.4, 0.5) is 5.82 Å². The molecule has 0 bridgehead atoms. The van der Waals surface area contributed by atoms with E-state index in [1.807, 2.05) is 26.0 Å². The molecule has 0 radical (unpaired) electrons. The highest BCUT2D eigenvalue weighted by Crippen LogP contribution is 2.30. The minimum atomic E-state index is 0.523. The summed E-state index contributed by atoms with van der Waals surface area (Å²) in [5.74, 6) is 1.95. The van der Waals surface area contributed by atoms with Gasteiger partial charge in [-0.1, -0.05) is 0 Å². The lowest BCUT2D eigenvalue weighted by Crippen LogP contribution is -1.96. The molecule has 0 atom stereocenters. The van der Waals surface area contributed by atoms with Crippen LogP contribution in [-0.2, 0) is 0 Å². The summed E-state index contributed by atoms with van der Waals surface area (Å²) in [6.45, 7) is 3.92. The average Bonchev–Trinajstić information content (AvgIpc) is 2.83. The Morgan fingerprint density at radius 1 is 1.29 bits per heavy atom. The van der Waals surface area contributed by atoms with Crippen LogP contribution in [0.5, 0.6) is 0 Å². The number of hydrogen-bond acceptors (Lipinski definition) is 5. The lowest BCUT2D eigenvalue weighted by Gasteiger charge is -2.00. The van der Waals surface area contributed by atoms with E-state index >= 15 is 0 Å². The number of nitrogen functional groups attached to an aromatic ring is 1. The quantitative estimate of drug-likeness (QED) is 0.715. The Bertz CT molecular complexity index is 699. The number of anilines is 1. The van der Waals surface area contributed by atoms with Crippen LogP contribution in [-0.4, -0.2) is 9.97 Å². The Kier molecular flexibility index (Phi) is 2.16. The second-order valence-corrected chi connectivity index (χ2v) is 5.13. The zero-order chi connectivity index (χ0) is 12.0. The molecule has 5 heteroatoms. The topological polar surface area (TPSA) is 64.9 Å². The van der Waals surface area contributed by atoms with Crippen molar-refractivity contribution in [1.29, 1.82) is 0 Å². The summed E-state index contributed by atoms with van der Waals surface area (Å²) in [5, 5.41) is 0.928. The zero-order valence-corrected chi connectivity index (χ0v) is 10.3. The van der Waals surface area contributed by atoms with Crippen molar-refractivity contribution in [2.75, 3.05) is 5.73 Å². The van der Waals surface area contributed by atoms with E-state index in [0.717, 1.165) is 21.5 Å². The van der Waals surface area contributed by atoms with Crippen molar-refractivity contribution in [3.8, 4) is 11.4 Å². The maximum absolute atomic E-state index is 5.95. The fraction of sp³-hybridized carbons (Fsp3) is 0.167. The molecule has 0 aliphatic rings. The van der Waals surface area contributed by atoms with Gasteiger partial charge in [0.2, 0.25) is 0 Å². The van der Waals surface area contributed by atoms with Gasteiger partial charge in [0, 0.05) is 4.88 Å². The van der Waals surface area contributed by atoms with Crippen LogP contribution >= 0.6 is 11.3 Å². The molecule has 0 saturated carbocycles. The molecule has 0 unspecified atom stereocenters. The van der Waals surface area contributed by atoms with Gasteiger partial charge in [0.05, 0.1) is 17.2 Å². The van der Waals surface area contributed by atoms with Gasteiger partial charge < -0.3 is 10.2 Å². The third kappa shape index (κ3) is 1.59. The summed E-state index contributed by atoms with van der Waals surface area (Å²) >= 11 is 1.62. The smallest absolute Gasteiger partial charge is 0.166 e. The van der Waals surface area contributed by atoms with Crippen molar-refractivity contribution in [3.63, 3.8) is 0 Å². The third-order valence-electron chi connectivity index (χ3n) is 2.65. The molecule has 0 saturated heterocycles. The normalized spacial score (nSPS) is 11.2. The number of furan rings is 1. The van der Waals surface area contributed by atoms with Crippen molar-refractivity contribution in [2.45, 2.75) is 13.8 Å². The second-order valence-electron chi connectivity index (χ2n) is 3.90. The van der Waals surface area contributed by atoms with Gasteiger partial charge in [0.15, 0.2) is 5.82 Å². The van der Waals surface area contributed by atoms with Gasteiger partial charge in [-0.2, -0.15) is 0 Å². The SMILES string of the molecule is Cc1cc2c(N)nc(-c3ccoc3C)nc2s1. The maximum Gasteiger partial charge on any atom is 0.166 e.